The molecule has 2 aromatic carbocycles. The first-order valence-electron chi connectivity index (χ1n) is 8.47. The zero-order chi connectivity index (χ0) is 18.8. The monoisotopic (exact) mass is 362 g/mol. The third kappa shape index (κ3) is 3.82. The number of aryl methyl sites for hydroxylation is 2. The van der Waals surface area contributed by atoms with Crippen molar-refractivity contribution in [3.8, 4) is 11.5 Å². The fourth-order valence-electron chi connectivity index (χ4n) is 2.68. The zero-order valence-corrected chi connectivity index (χ0v) is 14.9. The number of carbonyl (C=O) groups excluding carboxylic acids is 1. The summed E-state index contributed by atoms with van der Waals surface area (Å²) in [4.78, 5) is 21.3. The van der Waals surface area contributed by atoms with Gasteiger partial charge in [-0.05, 0) is 44.2 Å². The van der Waals surface area contributed by atoms with Crippen molar-refractivity contribution in [1.29, 1.82) is 0 Å². The molecule has 2 N–H and O–H groups in total. The van der Waals surface area contributed by atoms with E-state index in [9.17, 15) is 4.79 Å². The van der Waals surface area contributed by atoms with Crippen LogP contribution in [0, 0.1) is 13.8 Å². The summed E-state index contributed by atoms with van der Waals surface area (Å²) >= 11 is 0. The molecule has 1 aliphatic heterocycles. The Morgan fingerprint density at radius 3 is 2.48 bits per heavy atom. The van der Waals surface area contributed by atoms with Gasteiger partial charge in [0.1, 0.15) is 5.69 Å². The standard InChI is InChI=1S/C20H18N4O3/c1-12-3-5-14(6-4-12)23-20-21-13(2)9-16(24-20)19(25)22-15-7-8-17-18(10-15)27-11-26-17/h3-10H,11H2,1-2H3,(H,22,25)(H,21,23,24). The summed E-state index contributed by atoms with van der Waals surface area (Å²) in [5, 5.41) is 5.95. The molecule has 27 heavy (non-hydrogen) atoms. The smallest absolute Gasteiger partial charge is 0.274 e. The third-order valence-electron chi connectivity index (χ3n) is 4.02. The van der Waals surface area contributed by atoms with E-state index in [1.54, 1.807) is 24.3 Å². The van der Waals surface area contributed by atoms with Crippen molar-refractivity contribution >= 4 is 23.2 Å². The van der Waals surface area contributed by atoms with Crippen LogP contribution in [0.5, 0.6) is 11.5 Å². The van der Waals surface area contributed by atoms with Crippen LogP contribution in [-0.2, 0) is 0 Å². The first-order chi connectivity index (χ1) is 13.1. The number of hydrogen-bond acceptors (Lipinski definition) is 6. The average molecular weight is 362 g/mol. The fraction of sp³-hybridized carbons (Fsp3) is 0.150. The van der Waals surface area contributed by atoms with Crippen LogP contribution < -0.4 is 20.1 Å². The van der Waals surface area contributed by atoms with Crippen LogP contribution in [0.4, 0.5) is 17.3 Å². The van der Waals surface area contributed by atoms with Gasteiger partial charge in [-0.2, -0.15) is 0 Å². The average Bonchev–Trinajstić information content (AvgIpc) is 3.11. The molecule has 7 heteroatoms. The Hall–Kier alpha value is -3.61. The lowest BCUT2D eigenvalue weighted by molar-refractivity contribution is 0.102. The quantitative estimate of drug-likeness (QED) is 0.734. The molecule has 0 spiro atoms. The van der Waals surface area contributed by atoms with E-state index in [1.165, 1.54) is 0 Å². The molecule has 2 heterocycles. The number of benzene rings is 2. The maximum atomic E-state index is 12.6. The minimum atomic E-state index is -0.327. The van der Waals surface area contributed by atoms with Gasteiger partial charge in [-0.3, -0.25) is 4.79 Å². The van der Waals surface area contributed by atoms with Crippen molar-refractivity contribution in [2.24, 2.45) is 0 Å². The maximum Gasteiger partial charge on any atom is 0.274 e. The van der Waals surface area contributed by atoms with Gasteiger partial charge < -0.3 is 20.1 Å². The van der Waals surface area contributed by atoms with Crippen LogP contribution in [0.3, 0.4) is 0 Å². The van der Waals surface area contributed by atoms with Gasteiger partial charge in [0, 0.05) is 23.1 Å². The summed E-state index contributed by atoms with van der Waals surface area (Å²) in [6, 6.07) is 14.7. The molecular weight excluding hydrogens is 344 g/mol. The Balaban J connectivity index is 1.53. The van der Waals surface area contributed by atoms with Crippen LogP contribution in [0.1, 0.15) is 21.7 Å². The Bertz CT molecular complexity index is 1000. The predicted molar refractivity (Wildman–Crippen MR) is 102 cm³/mol. The summed E-state index contributed by atoms with van der Waals surface area (Å²) in [5.41, 5.74) is 3.58. The van der Waals surface area contributed by atoms with E-state index in [1.807, 2.05) is 38.1 Å². The van der Waals surface area contributed by atoms with Crippen molar-refractivity contribution in [3.63, 3.8) is 0 Å². The summed E-state index contributed by atoms with van der Waals surface area (Å²) in [5.74, 6) is 1.31. The molecule has 1 aliphatic rings. The highest BCUT2D eigenvalue weighted by atomic mass is 16.7. The Labute approximate surface area is 156 Å². The van der Waals surface area contributed by atoms with E-state index < -0.39 is 0 Å². The van der Waals surface area contributed by atoms with Crippen molar-refractivity contribution in [1.82, 2.24) is 9.97 Å². The number of fused-ring (bicyclic) bond motifs is 1. The second-order valence-corrected chi connectivity index (χ2v) is 6.23. The second kappa shape index (κ2) is 6.95. The molecule has 136 valence electrons. The van der Waals surface area contributed by atoms with Gasteiger partial charge in [0.2, 0.25) is 12.7 Å². The van der Waals surface area contributed by atoms with Crippen LogP contribution in [0.2, 0.25) is 0 Å². The summed E-state index contributed by atoms with van der Waals surface area (Å²) in [7, 11) is 0. The van der Waals surface area contributed by atoms with E-state index in [4.69, 9.17) is 9.47 Å². The maximum absolute atomic E-state index is 12.6. The van der Waals surface area contributed by atoms with Crippen molar-refractivity contribution < 1.29 is 14.3 Å². The first kappa shape index (κ1) is 16.8. The van der Waals surface area contributed by atoms with Crippen molar-refractivity contribution in [3.05, 3.63) is 65.5 Å². The topological polar surface area (TPSA) is 85.4 Å². The molecule has 0 bridgehead atoms. The summed E-state index contributed by atoms with van der Waals surface area (Å²) < 4.78 is 10.6. The molecule has 7 nitrogen and oxygen atoms in total. The zero-order valence-electron chi connectivity index (χ0n) is 14.9. The number of nitrogens with one attached hydrogen (secondary N) is 2. The molecule has 3 aromatic rings. The molecule has 0 fully saturated rings. The molecule has 1 amide bonds. The molecule has 0 aliphatic carbocycles. The van der Waals surface area contributed by atoms with E-state index >= 15 is 0 Å². The SMILES string of the molecule is Cc1ccc(Nc2nc(C)cc(C(=O)Nc3ccc4c(c3)OCO4)n2)cc1. The van der Waals surface area contributed by atoms with Gasteiger partial charge >= 0.3 is 0 Å². The van der Waals surface area contributed by atoms with E-state index in [-0.39, 0.29) is 18.4 Å². The highest BCUT2D eigenvalue weighted by molar-refractivity contribution is 6.03. The Morgan fingerprint density at radius 2 is 1.67 bits per heavy atom. The summed E-state index contributed by atoms with van der Waals surface area (Å²) in [6.45, 7) is 4.02. The highest BCUT2D eigenvalue weighted by Crippen LogP contribution is 2.34. The molecule has 0 atom stereocenters. The van der Waals surface area contributed by atoms with Crippen LogP contribution in [-0.4, -0.2) is 22.7 Å². The number of hydrogen-bond donors (Lipinski definition) is 2. The third-order valence-corrected chi connectivity index (χ3v) is 4.02. The number of aromatic nitrogens is 2. The largest absolute Gasteiger partial charge is 0.454 e. The van der Waals surface area contributed by atoms with Crippen LogP contribution >= 0.6 is 0 Å². The van der Waals surface area contributed by atoms with Gasteiger partial charge in [0.15, 0.2) is 11.5 Å². The van der Waals surface area contributed by atoms with E-state index in [0.717, 1.165) is 11.3 Å². The molecule has 0 radical (unpaired) electrons. The number of ether oxygens (including phenoxy) is 2. The van der Waals surface area contributed by atoms with Gasteiger partial charge in [-0.1, -0.05) is 17.7 Å². The van der Waals surface area contributed by atoms with Gasteiger partial charge in [-0.15, -0.1) is 0 Å². The molecule has 0 unspecified atom stereocenters. The first-order valence-corrected chi connectivity index (χ1v) is 8.47. The van der Waals surface area contributed by atoms with Gasteiger partial charge in [0.25, 0.3) is 5.91 Å². The van der Waals surface area contributed by atoms with E-state index in [2.05, 4.69) is 20.6 Å². The lowest BCUT2D eigenvalue weighted by Gasteiger charge is -2.09. The van der Waals surface area contributed by atoms with Crippen molar-refractivity contribution in [2.75, 3.05) is 17.4 Å². The predicted octanol–water partition coefficient (Wildman–Crippen LogP) is 3.82. The molecule has 1 aromatic heterocycles. The van der Waals surface area contributed by atoms with Crippen LogP contribution in [0.15, 0.2) is 48.5 Å². The van der Waals surface area contributed by atoms with Crippen molar-refractivity contribution in [2.45, 2.75) is 13.8 Å². The minimum absolute atomic E-state index is 0.186. The van der Waals surface area contributed by atoms with Gasteiger partial charge in [-0.25, -0.2) is 9.97 Å². The normalized spacial score (nSPS) is 11.9. The molecule has 0 saturated carbocycles. The summed E-state index contributed by atoms with van der Waals surface area (Å²) in [6.07, 6.45) is 0. The van der Waals surface area contributed by atoms with Crippen LogP contribution in [0.25, 0.3) is 0 Å². The Morgan fingerprint density at radius 1 is 0.926 bits per heavy atom. The van der Waals surface area contributed by atoms with Gasteiger partial charge in [0.05, 0.1) is 0 Å². The number of nitrogens with zero attached hydrogens (tertiary/aromatic N) is 2. The second-order valence-electron chi connectivity index (χ2n) is 6.23. The number of amides is 1. The Kier molecular flexibility index (Phi) is 4.33. The number of carbonyl (C=O) groups is 1. The molecular formula is C20H18N4O3. The molecule has 4 rings (SSSR count). The fourth-order valence-corrected chi connectivity index (χ4v) is 2.68. The lowest BCUT2D eigenvalue weighted by Crippen LogP contribution is -2.15. The number of rotatable bonds is 4. The van der Waals surface area contributed by atoms with E-state index in [0.29, 0.717) is 28.8 Å². The number of anilines is 3. The lowest BCUT2D eigenvalue weighted by atomic mass is 10.2. The minimum Gasteiger partial charge on any atom is -0.454 e. The highest BCUT2D eigenvalue weighted by Gasteiger charge is 2.16. The molecule has 0 saturated heterocycles.